The topological polar surface area (TPSA) is 54.5 Å². The highest BCUT2D eigenvalue weighted by molar-refractivity contribution is 5.91. The first-order chi connectivity index (χ1) is 12.8. The number of amides is 2. The third-order valence-electron chi connectivity index (χ3n) is 4.42. The number of carbonyl (C=O) groups excluding carboxylic acids is 1. The van der Waals surface area contributed by atoms with Gasteiger partial charge in [0.2, 0.25) is 0 Å². The molecule has 0 aliphatic carbocycles. The number of pyridine rings is 1. The maximum Gasteiger partial charge on any atom is 0.321 e. The quantitative estimate of drug-likeness (QED) is 0.757. The number of nitrogens with zero attached hydrogens (tertiary/aromatic N) is 2. The van der Waals surface area contributed by atoms with Gasteiger partial charge in [-0.05, 0) is 35.9 Å². The van der Waals surface area contributed by atoms with Crippen molar-refractivity contribution in [3.05, 3.63) is 84.7 Å². The predicted molar refractivity (Wildman–Crippen MR) is 101 cm³/mol. The molecule has 2 heterocycles. The van der Waals surface area contributed by atoms with Gasteiger partial charge in [-0.15, -0.1) is 0 Å². The van der Waals surface area contributed by atoms with Gasteiger partial charge >= 0.3 is 6.03 Å². The number of hydrogen-bond donors (Lipinski definition) is 1. The molecule has 26 heavy (non-hydrogen) atoms. The first-order valence-electron chi connectivity index (χ1n) is 8.57. The summed E-state index contributed by atoms with van der Waals surface area (Å²) < 4.78 is 5.89. The van der Waals surface area contributed by atoms with E-state index in [2.05, 4.69) is 16.4 Å². The molecule has 5 nitrogen and oxygen atoms in total. The minimum absolute atomic E-state index is 0.116. The van der Waals surface area contributed by atoms with E-state index in [0.29, 0.717) is 30.4 Å². The lowest BCUT2D eigenvalue weighted by atomic mass is 9.93. The predicted octanol–water partition coefficient (Wildman–Crippen LogP) is 4.51. The van der Waals surface area contributed by atoms with Crippen LogP contribution in [0.3, 0.4) is 0 Å². The average Bonchev–Trinajstić information content (AvgIpc) is 2.64. The molecule has 0 radical (unpaired) electrons. The summed E-state index contributed by atoms with van der Waals surface area (Å²) in [6.45, 7) is 1.39. The van der Waals surface area contributed by atoms with Crippen LogP contribution in [-0.4, -0.2) is 29.0 Å². The van der Waals surface area contributed by atoms with Crippen LogP contribution >= 0.6 is 0 Å². The number of anilines is 1. The second kappa shape index (κ2) is 7.27. The molecule has 0 unspecified atom stereocenters. The summed E-state index contributed by atoms with van der Waals surface area (Å²) in [7, 11) is 0. The Morgan fingerprint density at radius 3 is 2.54 bits per heavy atom. The van der Waals surface area contributed by atoms with E-state index in [9.17, 15) is 4.79 Å². The van der Waals surface area contributed by atoms with Crippen LogP contribution in [-0.2, 0) is 0 Å². The van der Waals surface area contributed by atoms with Crippen molar-refractivity contribution in [2.75, 3.05) is 18.4 Å². The Balaban J connectivity index is 1.40. The van der Waals surface area contributed by atoms with E-state index in [1.807, 2.05) is 66.9 Å². The molecule has 1 fully saturated rings. The van der Waals surface area contributed by atoms with Crippen molar-refractivity contribution in [3.8, 4) is 11.5 Å². The highest BCUT2D eigenvalue weighted by atomic mass is 16.5. The summed E-state index contributed by atoms with van der Waals surface area (Å²) >= 11 is 0. The van der Waals surface area contributed by atoms with Gasteiger partial charge in [-0.2, -0.15) is 0 Å². The number of para-hydroxylation sites is 3. The Bertz CT molecular complexity index is 878. The zero-order chi connectivity index (χ0) is 17.8. The van der Waals surface area contributed by atoms with Gasteiger partial charge in [0.25, 0.3) is 0 Å². The zero-order valence-electron chi connectivity index (χ0n) is 14.2. The second-order valence-electron chi connectivity index (χ2n) is 6.23. The molecule has 130 valence electrons. The van der Waals surface area contributed by atoms with Crippen molar-refractivity contribution in [3.63, 3.8) is 0 Å². The number of rotatable bonds is 4. The summed E-state index contributed by atoms with van der Waals surface area (Å²) in [5.41, 5.74) is 1.83. The molecule has 1 aromatic heterocycles. The van der Waals surface area contributed by atoms with Crippen molar-refractivity contribution in [2.24, 2.45) is 0 Å². The Morgan fingerprint density at radius 2 is 1.77 bits per heavy atom. The molecule has 0 bridgehead atoms. The molecule has 5 heteroatoms. The third-order valence-corrected chi connectivity index (χ3v) is 4.42. The fraction of sp³-hybridized carbons (Fsp3) is 0.143. The molecule has 0 spiro atoms. The summed E-state index contributed by atoms with van der Waals surface area (Å²) in [5.74, 6) is 1.71. The van der Waals surface area contributed by atoms with Crippen LogP contribution in [0.1, 0.15) is 11.5 Å². The van der Waals surface area contributed by atoms with Crippen molar-refractivity contribution in [1.29, 1.82) is 0 Å². The van der Waals surface area contributed by atoms with Gasteiger partial charge in [0.05, 0.1) is 5.69 Å². The lowest BCUT2D eigenvalue weighted by molar-refractivity contribution is 0.163. The van der Waals surface area contributed by atoms with Crippen molar-refractivity contribution < 1.29 is 9.53 Å². The van der Waals surface area contributed by atoms with E-state index >= 15 is 0 Å². The Labute approximate surface area is 152 Å². The van der Waals surface area contributed by atoms with Gasteiger partial charge in [0.15, 0.2) is 5.75 Å². The van der Waals surface area contributed by atoms with Gasteiger partial charge < -0.3 is 15.0 Å². The molecular formula is C21H19N3O2. The van der Waals surface area contributed by atoms with Crippen molar-refractivity contribution in [2.45, 2.75) is 5.92 Å². The number of ether oxygens (including phenoxy) is 1. The molecular weight excluding hydrogens is 326 g/mol. The van der Waals surface area contributed by atoms with E-state index < -0.39 is 0 Å². The molecule has 1 aliphatic heterocycles. The summed E-state index contributed by atoms with van der Waals surface area (Å²) in [6, 6.07) is 20.8. The molecule has 1 aliphatic rings. The largest absolute Gasteiger partial charge is 0.455 e. The van der Waals surface area contributed by atoms with Crippen molar-refractivity contribution in [1.82, 2.24) is 9.88 Å². The number of urea groups is 1. The first-order valence-corrected chi connectivity index (χ1v) is 8.57. The van der Waals surface area contributed by atoms with Crippen LogP contribution in [0, 0.1) is 0 Å². The fourth-order valence-corrected chi connectivity index (χ4v) is 2.94. The maximum atomic E-state index is 12.5. The monoisotopic (exact) mass is 345 g/mol. The molecule has 1 saturated heterocycles. The van der Waals surface area contributed by atoms with E-state index in [1.165, 1.54) is 5.56 Å². The van der Waals surface area contributed by atoms with E-state index in [4.69, 9.17) is 4.74 Å². The molecule has 0 saturated carbocycles. The minimum Gasteiger partial charge on any atom is -0.455 e. The molecule has 1 N–H and O–H groups in total. The summed E-state index contributed by atoms with van der Waals surface area (Å²) in [5, 5.41) is 2.95. The zero-order valence-corrected chi connectivity index (χ0v) is 14.2. The Kier molecular flexibility index (Phi) is 4.51. The smallest absolute Gasteiger partial charge is 0.321 e. The summed E-state index contributed by atoms with van der Waals surface area (Å²) in [4.78, 5) is 18.4. The van der Waals surface area contributed by atoms with Crippen LogP contribution in [0.2, 0.25) is 0 Å². The lowest BCUT2D eigenvalue weighted by Gasteiger charge is -2.39. The van der Waals surface area contributed by atoms with Crippen LogP contribution in [0.15, 0.2) is 79.1 Å². The molecule has 4 rings (SSSR count). The Hall–Kier alpha value is -3.34. The molecule has 0 atom stereocenters. The van der Waals surface area contributed by atoms with Crippen LogP contribution in [0.5, 0.6) is 11.5 Å². The van der Waals surface area contributed by atoms with Gasteiger partial charge in [-0.1, -0.05) is 36.4 Å². The van der Waals surface area contributed by atoms with Crippen molar-refractivity contribution >= 4 is 11.7 Å². The van der Waals surface area contributed by atoms with Crippen LogP contribution in [0.4, 0.5) is 10.5 Å². The summed E-state index contributed by atoms with van der Waals surface area (Å²) in [6.07, 6.45) is 3.62. The minimum atomic E-state index is -0.116. The van der Waals surface area contributed by atoms with Gasteiger partial charge in [0, 0.05) is 31.4 Å². The van der Waals surface area contributed by atoms with Crippen LogP contribution in [0.25, 0.3) is 0 Å². The maximum absolute atomic E-state index is 12.5. The third kappa shape index (κ3) is 3.52. The highest BCUT2D eigenvalue weighted by Gasteiger charge is 2.32. The molecule has 2 aromatic carbocycles. The van der Waals surface area contributed by atoms with Crippen LogP contribution < -0.4 is 10.1 Å². The normalized spacial score (nSPS) is 13.8. The van der Waals surface area contributed by atoms with E-state index in [-0.39, 0.29) is 6.03 Å². The number of likely N-dealkylation sites (tertiary alicyclic amines) is 1. The van der Waals surface area contributed by atoms with Gasteiger partial charge in [-0.25, -0.2) is 4.79 Å². The first kappa shape index (κ1) is 16.1. The second-order valence-corrected chi connectivity index (χ2v) is 6.23. The van der Waals surface area contributed by atoms with Gasteiger partial charge in [-0.3, -0.25) is 4.98 Å². The number of hydrogen-bond acceptors (Lipinski definition) is 3. The highest BCUT2D eigenvalue weighted by Crippen LogP contribution is 2.31. The van der Waals surface area contributed by atoms with E-state index in [0.717, 1.165) is 5.75 Å². The number of aromatic nitrogens is 1. The number of nitrogens with one attached hydrogen (secondary N) is 1. The van der Waals surface area contributed by atoms with E-state index in [1.54, 1.807) is 11.1 Å². The van der Waals surface area contributed by atoms with Gasteiger partial charge in [0.1, 0.15) is 5.75 Å². The number of benzene rings is 2. The molecule has 3 aromatic rings. The fourth-order valence-electron chi connectivity index (χ4n) is 2.94. The molecule has 2 amide bonds. The SMILES string of the molecule is O=C(Nc1ccccc1Oc1ccccc1)N1CC(c2cccnc2)C1. The lowest BCUT2D eigenvalue weighted by Crippen LogP contribution is -2.50. The number of carbonyl (C=O) groups is 1. The standard InChI is InChI=1S/C21H19N3O2/c25-21(24-14-17(15-24)16-7-6-12-22-13-16)23-19-10-4-5-11-20(19)26-18-8-2-1-3-9-18/h1-13,17H,14-15H2,(H,23,25). The Morgan fingerprint density at radius 1 is 1.00 bits per heavy atom. The average molecular weight is 345 g/mol.